The number of benzene rings is 2. The van der Waals surface area contributed by atoms with Crippen molar-refractivity contribution in [1.29, 1.82) is 0 Å². The van der Waals surface area contributed by atoms with Crippen LogP contribution in [0.25, 0.3) is 0 Å². The smallest absolute Gasteiger partial charge is 0.324 e. The molecule has 6 heteroatoms. The predicted octanol–water partition coefficient (Wildman–Crippen LogP) is 5.36. The third-order valence-electron chi connectivity index (χ3n) is 3.08. The maximum Gasteiger partial charge on any atom is 0.416 e. The van der Waals surface area contributed by atoms with E-state index in [1.807, 2.05) is 0 Å². The van der Waals surface area contributed by atoms with Gasteiger partial charge in [0.15, 0.2) is 0 Å². The summed E-state index contributed by atoms with van der Waals surface area (Å²) in [6.45, 7) is 0. The zero-order valence-electron chi connectivity index (χ0n) is 10.8. The Kier molecular flexibility index (Phi) is 4.96. The molecule has 0 heterocycles. The van der Waals surface area contributed by atoms with E-state index in [1.165, 1.54) is 6.07 Å². The molecule has 112 valence electrons. The van der Waals surface area contributed by atoms with Gasteiger partial charge in [-0.1, -0.05) is 35.9 Å². The lowest BCUT2D eigenvalue weighted by Gasteiger charge is -2.14. The van der Waals surface area contributed by atoms with Gasteiger partial charge >= 0.3 is 6.18 Å². The Balaban J connectivity index is 2.19. The van der Waals surface area contributed by atoms with Gasteiger partial charge in [0.05, 0.1) is 10.6 Å². The molecule has 1 atom stereocenters. The van der Waals surface area contributed by atoms with Gasteiger partial charge in [-0.05, 0) is 51.7 Å². The molecule has 1 nitrogen and oxygen atoms in total. The maximum atomic E-state index is 12.7. The van der Waals surface area contributed by atoms with Crippen LogP contribution in [0, 0.1) is 0 Å². The van der Waals surface area contributed by atoms with Gasteiger partial charge in [-0.2, -0.15) is 13.2 Å². The lowest BCUT2D eigenvalue weighted by atomic mass is 9.98. The molecule has 21 heavy (non-hydrogen) atoms. The van der Waals surface area contributed by atoms with Gasteiger partial charge in [-0.3, -0.25) is 0 Å². The normalized spacial score (nSPS) is 13.2. The van der Waals surface area contributed by atoms with Crippen LogP contribution in [0.3, 0.4) is 0 Å². The molecule has 0 saturated carbocycles. The average molecular weight is 379 g/mol. The predicted molar refractivity (Wildman–Crippen MR) is 81.2 cm³/mol. The molecule has 0 amide bonds. The molecule has 2 aromatic rings. The van der Waals surface area contributed by atoms with E-state index in [-0.39, 0.29) is 0 Å². The molecular formula is C15H12BrClF3N. The van der Waals surface area contributed by atoms with E-state index in [1.54, 1.807) is 24.3 Å². The second kappa shape index (κ2) is 6.38. The summed E-state index contributed by atoms with van der Waals surface area (Å²) in [5, 5.41) is 0.560. The molecule has 1 unspecified atom stereocenters. The molecule has 0 aliphatic carbocycles. The molecule has 0 bridgehead atoms. The molecule has 0 aromatic heterocycles. The van der Waals surface area contributed by atoms with Crippen LogP contribution < -0.4 is 5.73 Å². The van der Waals surface area contributed by atoms with Crippen molar-refractivity contribution in [2.24, 2.45) is 5.73 Å². The second-order valence-electron chi connectivity index (χ2n) is 4.68. The van der Waals surface area contributed by atoms with Gasteiger partial charge in [-0.15, -0.1) is 0 Å². The molecule has 0 saturated heterocycles. The highest BCUT2D eigenvalue weighted by Crippen LogP contribution is 2.31. The number of nitrogens with two attached hydrogens (primary N) is 1. The Hall–Kier alpha value is -1.04. The fourth-order valence-electron chi connectivity index (χ4n) is 1.99. The third-order valence-corrected chi connectivity index (χ3v) is 4.30. The molecule has 2 aromatic carbocycles. The van der Waals surface area contributed by atoms with Crippen LogP contribution in [0.4, 0.5) is 13.2 Å². The summed E-state index contributed by atoms with van der Waals surface area (Å²) in [4.78, 5) is 0. The largest absolute Gasteiger partial charge is 0.416 e. The van der Waals surface area contributed by atoms with E-state index in [9.17, 15) is 13.2 Å². The highest BCUT2D eigenvalue weighted by atomic mass is 79.9. The fourth-order valence-corrected chi connectivity index (χ4v) is 2.50. The van der Waals surface area contributed by atoms with E-state index in [4.69, 9.17) is 17.3 Å². The second-order valence-corrected chi connectivity index (χ2v) is 5.94. The average Bonchev–Trinajstić information content (AvgIpc) is 2.41. The Labute approximate surface area is 134 Å². The fraction of sp³-hybridized carbons (Fsp3) is 0.200. The van der Waals surface area contributed by atoms with E-state index >= 15 is 0 Å². The minimum Gasteiger partial charge on any atom is -0.324 e. The number of halogens is 5. The summed E-state index contributed by atoms with van der Waals surface area (Å²) in [7, 11) is 0. The first-order valence-electron chi connectivity index (χ1n) is 6.14. The summed E-state index contributed by atoms with van der Waals surface area (Å²) in [6.07, 6.45) is -4.03. The summed E-state index contributed by atoms with van der Waals surface area (Å²) < 4.78 is 38.7. The van der Waals surface area contributed by atoms with Crippen LogP contribution >= 0.6 is 27.5 Å². The van der Waals surface area contributed by atoms with Crippen LogP contribution in [0.1, 0.15) is 22.7 Å². The molecule has 0 aliphatic rings. The Morgan fingerprint density at radius 1 is 1.14 bits per heavy atom. The van der Waals surface area contributed by atoms with E-state index in [0.717, 1.165) is 17.7 Å². The highest BCUT2D eigenvalue weighted by Gasteiger charge is 2.30. The van der Waals surface area contributed by atoms with Gasteiger partial charge in [0, 0.05) is 10.5 Å². The zero-order valence-corrected chi connectivity index (χ0v) is 13.1. The van der Waals surface area contributed by atoms with Gasteiger partial charge in [-0.25, -0.2) is 0 Å². The van der Waals surface area contributed by atoms with Crippen molar-refractivity contribution in [2.45, 2.75) is 18.6 Å². The quantitative estimate of drug-likeness (QED) is 0.764. The van der Waals surface area contributed by atoms with Crippen LogP contribution in [-0.2, 0) is 12.6 Å². The van der Waals surface area contributed by atoms with Crippen molar-refractivity contribution < 1.29 is 13.2 Å². The lowest BCUT2D eigenvalue weighted by Crippen LogP contribution is -2.14. The van der Waals surface area contributed by atoms with Crippen LogP contribution in [-0.4, -0.2) is 0 Å². The highest BCUT2D eigenvalue weighted by molar-refractivity contribution is 9.10. The van der Waals surface area contributed by atoms with Crippen molar-refractivity contribution in [2.75, 3.05) is 0 Å². The Morgan fingerprint density at radius 2 is 1.86 bits per heavy atom. The zero-order chi connectivity index (χ0) is 15.6. The maximum absolute atomic E-state index is 12.7. The van der Waals surface area contributed by atoms with Crippen molar-refractivity contribution in [1.82, 2.24) is 0 Å². The molecule has 2 rings (SSSR count). The molecular weight excluding hydrogens is 367 g/mol. The molecule has 0 fully saturated rings. The van der Waals surface area contributed by atoms with E-state index in [2.05, 4.69) is 15.9 Å². The topological polar surface area (TPSA) is 26.0 Å². The minimum atomic E-state index is -4.34. The van der Waals surface area contributed by atoms with Crippen LogP contribution in [0.2, 0.25) is 5.02 Å². The first-order chi connectivity index (χ1) is 9.77. The van der Waals surface area contributed by atoms with E-state index in [0.29, 0.717) is 21.5 Å². The van der Waals surface area contributed by atoms with Crippen molar-refractivity contribution in [3.63, 3.8) is 0 Å². The number of alkyl halides is 3. The third kappa shape index (κ3) is 4.22. The summed E-state index contributed by atoms with van der Waals surface area (Å²) >= 11 is 9.21. The van der Waals surface area contributed by atoms with Crippen LogP contribution in [0.5, 0.6) is 0 Å². The van der Waals surface area contributed by atoms with Crippen LogP contribution in [0.15, 0.2) is 46.9 Å². The first kappa shape index (κ1) is 16.3. The monoisotopic (exact) mass is 377 g/mol. The SMILES string of the molecule is NC(Cc1cccc(C(F)(F)F)c1)c1ccc(Cl)c(Br)c1. The van der Waals surface area contributed by atoms with E-state index < -0.39 is 17.8 Å². The number of rotatable bonds is 3. The Bertz CT molecular complexity index is 643. The van der Waals surface area contributed by atoms with Gasteiger partial charge in [0.1, 0.15) is 0 Å². The summed E-state index contributed by atoms with van der Waals surface area (Å²) in [5.74, 6) is 0. The number of hydrogen-bond acceptors (Lipinski definition) is 1. The molecule has 0 radical (unpaired) electrons. The Morgan fingerprint density at radius 3 is 2.48 bits per heavy atom. The van der Waals surface area contributed by atoms with Crippen molar-refractivity contribution >= 4 is 27.5 Å². The molecule has 0 spiro atoms. The lowest BCUT2D eigenvalue weighted by molar-refractivity contribution is -0.137. The van der Waals surface area contributed by atoms with Gasteiger partial charge < -0.3 is 5.73 Å². The van der Waals surface area contributed by atoms with Crippen molar-refractivity contribution in [3.05, 3.63) is 68.7 Å². The summed E-state index contributed by atoms with van der Waals surface area (Å²) in [6, 6.07) is 10.1. The minimum absolute atomic E-state index is 0.317. The summed E-state index contributed by atoms with van der Waals surface area (Å²) in [5.41, 5.74) is 6.75. The van der Waals surface area contributed by atoms with Crippen molar-refractivity contribution in [3.8, 4) is 0 Å². The number of hydrogen-bond donors (Lipinski definition) is 1. The van der Waals surface area contributed by atoms with Gasteiger partial charge in [0.2, 0.25) is 0 Å². The standard InChI is InChI=1S/C15H12BrClF3N/c16-12-8-10(4-5-13(12)17)14(21)7-9-2-1-3-11(6-9)15(18,19)20/h1-6,8,14H,7,21H2. The molecule has 0 aliphatic heterocycles. The molecule has 2 N–H and O–H groups in total. The first-order valence-corrected chi connectivity index (χ1v) is 7.31. The van der Waals surface area contributed by atoms with Gasteiger partial charge in [0.25, 0.3) is 0 Å².